The van der Waals surface area contributed by atoms with Gasteiger partial charge in [0.25, 0.3) is 0 Å². The van der Waals surface area contributed by atoms with Crippen LogP contribution in [0.4, 0.5) is 0 Å². The second-order valence-corrected chi connectivity index (χ2v) is 6.00. The van der Waals surface area contributed by atoms with Crippen molar-refractivity contribution in [2.24, 2.45) is 0 Å². The fourth-order valence-corrected chi connectivity index (χ4v) is 3.27. The number of fused-ring (bicyclic) bond motifs is 1. The van der Waals surface area contributed by atoms with Crippen LogP contribution in [0.5, 0.6) is 11.5 Å². The minimum Gasteiger partial charge on any atom is -0.504 e. The Hall–Kier alpha value is -1.52. The monoisotopic (exact) mass is 334 g/mol. The number of phenolic OH excluding ortho intramolecular Hbond substituents is 1. The molecule has 0 unspecified atom stereocenters. The molecule has 0 amide bonds. The van der Waals surface area contributed by atoms with Crippen molar-refractivity contribution in [3.63, 3.8) is 0 Å². The Kier molecular flexibility index (Phi) is 3.44. The number of benzene rings is 2. The maximum absolute atomic E-state index is 9.97. The number of phenols is 1. The molecular weight excluding hydrogens is 324 g/mol. The molecule has 0 saturated heterocycles. The highest BCUT2D eigenvalue weighted by Gasteiger charge is 2.07. The average Bonchev–Trinajstić information content (AvgIpc) is 2.82. The lowest BCUT2D eigenvalue weighted by Gasteiger charge is -2.09. The molecule has 96 valence electrons. The van der Waals surface area contributed by atoms with Crippen molar-refractivity contribution in [1.29, 1.82) is 0 Å². The molecule has 0 fully saturated rings. The van der Waals surface area contributed by atoms with Gasteiger partial charge in [0.2, 0.25) is 0 Å². The topological polar surface area (TPSA) is 29.5 Å². The van der Waals surface area contributed by atoms with E-state index in [1.165, 1.54) is 0 Å². The van der Waals surface area contributed by atoms with E-state index in [1.807, 2.05) is 41.8 Å². The first-order valence-electron chi connectivity index (χ1n) is 5.80. The van der Waals surface area contributed by atoms with E-state index < -0.39 is 0 Å². The van der Waals surface area contributed by atoms with Crippen molar-refractivity contribution >= 4 is 38.0 Å². The summed E-state index contributed by atoms with van der Waals surface area (Å²) in [4.78, 5) is 1.10. The first kappa shape index (κ1) is 12.5. The molecule has 1 heterocycles. The van der Waals surface area contributed by atoms with Gasteiger partial charge in [0.1, 0.15) is 6.61 Å². The zero-order chi connectivity index (χ0) is 13.2. The molecule has 2 nitrogen and oxygen atoms in total. The third-order valence-corrected chi connectivity index (χ3v) is 4.78. The van der Waals surface area contributed by atoms with E-state index >= 15 is 0 Å². The third kappa shape index (κ3) is 2.60. The number of hydrogen-bond donors (Lipinski definition) is 1. The molecule has 0 aliphatic rings. The molecular formula is C15H11BrO2S. The van der Waals surface area contributed by atoms with Gasteiger partial charge in [0, 0.05) is 4.47 Å². The second kappa shape index (κ2) is 5.23. The molecule has 0 bridgehead atoms. The smallest absolute Gasteiger partial charge is 0.162 e. The molecule has 1 N–H and O–H groups in total. The Morgan fingerprint density at radius 2 is 1.84 bits per heavy atom. The van der Waals surface area contributed by atoms with E-state index in [0.29, 0.717) is 12.4 Å². The standard InChI is InChI=1S/C15H11BrO2S/c16-12-5-6-19-15(12)9-18-14-8-11-4-2-1-3-10(11)7-13(14)17/h1-8,17H,9H2. The van der Waals surface area contributed by atoms with E-state index in [9.17, 15) is 5.11 Å². The number of ether oxygens (including phenoxy) is 1. The Morgan fingerprint density at radius 3 is 2.53 bits per heavy atom. The van der Waals surface area contributed by atoms with E-state index in [-0.39, 0.29) is 5.75 Å². The van der Waals surface area contributed by atoms with E-state index in [4.69, 9.17) is 4.74 Å². The molecule has 2 aromatic carbocycles. The average molecular weight is 335 g/mol. The number of rotatable bonds is 3. The molecule has 0 radical (unpaired) electrons. The summed E-state index contributed by atoms with van der Waals surface area (Å²) in [6.45, 7) is 0.449. The second-order valence-electron chi connectivity index (χ2n) is 4.15. The molecule has 0 aliphatic carbocycles. The van der Waals surface area contributed by atoms with Gasteiger partial charge < -0.3 is 9.84 Å². The van der Waals surface area contributed by atoms with Crippen LogP contribution in [-0.2, 0) is 6.61 Å². The molecule has 0 aliphatic heterocycles. The highest BCUT2D eigenvalue weighted by molar-refractivity contribution is 9.10. The van der Waals surface area contributed by atoms with Crippen LogP contribution in [0.25, 0.3) is 10.8 Å². The third-order valence-electron chi connectivity index (χ3n) is 2.88. The molecule has 4 heteroatoms. The first-order valence-corrected chi connectivity index (χ1v) is 7.48. The number of thiophene rings is 1. The molecule has 0 spiro atoms. The minimum absolute atomic E-state index is 0.173. The highest BCUT2D eigenvalue weighted by atomic mass is 79.9. The molecule has 0 atom stereocenters. The normalized spacial score (nSPS) is 10.8. The van der Waals surface area contributed by atoms with Gasteiger partial charge in [-0.25, -0.2) is 0 Å². The Bertz CT molecular complexity index is 721. The summed E-state index contributed by atoms with van der Waals surface area (Å²) in [6.07, 6.45) is 0. The van der Waals surface area contributed by atoms with Gasteiger partial charge in [-0.1, -0.05) is 24.3 Å². The molecule has 3 rings (SSSR count). The Labute approximate surface area is 123 Å². The summed E-state index contributed by atoms with van der Waals surface area (Å²) in [5, 5.41) is 14.0. The van der Waals surface area contributed by atoms with Crippen LogP contribution in [0.1, 0.15) is 4.88 Å². The van der Waals surface area contributed by atoms with Gasteiger partial charge in [-0.15, -0.1) is 11.3 Å². The van der Waals surface area contributed by atoms with Gasteiger partial charge in [-0.05, 0) is 50.3 Å². The van der Waals surface area contributed by atoms with Crippen LogP contribution < -0.4 is 4.74 Å². The Morgan fingerprint density at radius 1 is 1.11 bits per heavy atom. The molecule has 3 aromatic rings. The SMILES string of the molecule is Oc1cc2ccccc2cc1OCc1sccc1Br. The largest absolute Gasteiger partial charge is 0.504 e. The van der Waals surface area contributed by atoms with Crippen LogP contribution in [-0.4, -0.2) is 5.11 Å². The molecule has 0 saturated carbocycles. The van der Waals surface area contributed by atoms with E-state index in [1.54, 1.807) is 17.4 Å². The highest BCUT2D eigenvalue weighted by Crippen LogP contribution is 2.33. The van der Waals surface area contributed by atoms with E-state index in [0.717, 1.165) is 20.1 Å². The fourth-order valence-electron chi connectivity index (χ4n) is 1.89. The van der Waals surface area contributed by atoms with Crippen LogP contribution in [0.3, 0.4) is 0 Å². The van der Waals surface area contributed by atoms with E-state index in [2.05, 4.69) is 15.9 Å². The lowest BCUT2D eigenvalue weighted by Crippen LogP contribution is -1.94. The van der Waals surface area contributed by atoms with Gasteiger partial charge in [0.15, 0.2) is 11.5 Å². The maximum atomic E-state index is 9.97. The number of aromatic hydroxyl groups is 1. The number of hydrogen-bond acceptors (Lipinski definition) is 3. The summed E-state index contributed by atoms with van der Waals surface area (Å²) in [5.41, 5.74) is 0. The lowest BCUT2D eigenvalue weighted by atomic mass is 10.1. The zero-order valence-electron chi connectivity index (χ0n) is 9.97. The van der Waals surface area contributed by atoms with Gasteiger partial charge in [0.05, 0.1) is 4.88 Å². The van der Waals surface area contributed by atoms with Crippen LogP contribution >= 0.6 is 27.3 Å². The van der Waals surface area contributed by atoms with Crippen molar-refractivity contribution in [1.82, 2.24) is 0 Å². The van der Waals surface area contributed by atoms with Crippen LogP contribution in [0.15, 0.2) is 52.3 Å². The van der Waals surface area contributed by atoms with Crippen LogP contribution in [0.2, 0.25) is 0 Å². The van der Waals surface area contributed by atoms with Gasteiger partial charge in [-0.2, -0.15) is 0 Å². The van der Waals surface area contributed by atoms with Crippen molar-refractivity contribution in [2.45, 2.75) is 6.61 Å². The van der Waals surface area contributed by atoms with Crippen molar-refractivity contribution in [2.75, 3.05) is 0 Å². The molecule has 1 aromatic heterocycles. The first-order chi connectivity index (χ1) is 9.24. The van der Waals surface area contributed by atoms with Crippen LogP contribution in [0, 0.1) is 0 Å². The number of halogens is 1. The zero-order valence-corrected chi connectivity index (χ0v) is 12.4. The van der Waals surface area contributed by atoms with Crippen molar-refractivity contribution in [3.05, 3.63) is 57.2 Å². The summed E-state index contributed by atoms with van der Waals surface area (Å²) in [6, 6.07) is 13.5. The summed E-state index contributed by atoms with van der Waals surface area (Å²) < 4.78 is 6.74. The minimum atomic E-state index is 0.173. The summed E-state index contributed by atoms with van der Waals surface area (Å²) in [5.74, 6) is 0.686. The predicted octanol–water partition coefficient (Wildman–Crippen LogP) is 4.95. The quantitative estimate of drug-likeness (QED) is 0.734. The summed E-state index contributed by atoms with van der Waals surface area (Å²) >= 11 is 5.09. The lowest BCUT2D eigenvalue weighted by molar-refractivity contribution is 0.292. The predicted molar refractivity (Wildman–Crippen MR) is 82.0 cm³/mol. The van der Waals surface area contributed by atoms with Gasteiger partial charge >= 0.3 is 0 Å². The van der Waals surface area contributed by atoms with Gasteiger partial charge in [-0.3, -0.25) is 0 Å². The van der Waals surface area contributed by atoms with Crippen molar-refractivity contribution in [3.8, 4) is 11.5 Å². The fraction of sp³-hybridized carbons (Fsp3) is 0.0667. The summed E-state index contributed by atoms with van der Waals surface area (Å²) in [7, 11) is 0. The molecule has 19 heavy (non-hydrogen) atoms. The Balaban J connectivity index is 1.88. The maximum Gasteiger partial charge on any atom is 0.162 e. The van der Waals surface area contributed by atoms with Crippen molar-refractivity contribution < 1.29 is 9.84 Å².